The largest absolute Gasteiger partial charge is 0.449 e. The predicted molar refractivity (Wildman–Crippen MR) is 84.8 cm³/mol. The quantitative estimate of drug-likeness (QED) is 0.825. The minimum Gasteiger partial charge on any atom is -0.449 e. The number of carbonyl (C=O) groups excluding carboxylic acids is 2. The highest BCUT2D eigenvalue weighted by Gasteiger charge is 2.25. The van der Waals surface area contributed by atoms with E-state index < -0.39 is 21.9 Å². The van der Waals surface area contributed by atoms with Gasteiger partial charge in [-0.05, 0) is 31.9 Å². The van der Waals surface area contributed by atoms with Crippen LogP contribution >= 0.6 is 0 Å². The Labute approximate surface area is 136 Å². The number of esters is 1. The Morgan fingerprint density at radius 3 is 2.43 bits per heavy atom. The van der Waals surface area contributed by atoms with Crippen LogP contribution in [0.3, 0.4) is 0 Å². The Hall–Kier alpha value is -1.89. The van der Waals surface area contributed by atoms with Crippen LogP contribution in [0.1, 0.15) is 43.0 Å². The molecule has 0 saturated heterocycles. The molecule has 1 atom stereocenters. The molecule has 0 spiro atoms. The molecule has 0 radical (unpaired) electrons. The lowest BCUT2D eigenvalue weighted by molar-refractivity contribution is -0.129. The predicted octanol–water partition coefficient (Wildman–Crippen LogP) is 1.69. The van der Waals surface area contributed by atoms with Gasteiger partial charge in [0.2, 0.25) is 0 Å². The van der Waals surface area contributed by atoms with Crippen LogP contribution in [0.15, 0.2) is 29.2 Å². The van der Waals surface area contributed by atoms with Crippen molar-refractivity contribution in [2.45, 2.75) is 49.6 Å². The van der Waals surface area contributed by atoms with Gasteiger partial charge in [0, 0.05) is 12.3 Å². The number of benzene rings is 1. The standard InChI is InChI=1S/C16H21NO5S/c1-11(15(18)17-12-7-3-4-8-12)22-16(19)13-9-5-6-10-14(13)23(2,20)21/h5-6,9-12H,3-4,7-8H2,1-2H3,(H,17,18)/t11-/m0/s1. The highest BCUT2D eigenvalue weighted by Crippen LogP contribution is 2.19. The molecule has 0 unspecified atom stereocenters. The molecule has 0 bridgehead atoms. The molecule has 2 rings (SSSR count). The molecule has 126 valence electrons. The molecule has 23 heavy (non-hydrogen) atoms. The molecular formula is C16H21NO5S. The van der Waals surface area contributed by atoms with E-state index in [1.165, 1.54) is 25.1 Å². The summed E-state index contributed by atoms with van der Waals surface area (Å²) in [5.41, 5.74) is -0.0597. The Balaban J connectivity index is 2.05. The van der Waals surface area contributed by atoms with Crippen molar-refractivity contribution in [1.29, 1.82) is 0 Å². The van der Waals surface area contributed by atoms with Gasteiger partial charge >= 0.3 is 5.97 Å². The Bertz CT molecular complexity index is 692. The lowest BCUT2D eigenvalue weighted by Gasteiger charge is -2.17. The molecule has 0 aliphatic heterocycles. The summed E-state index contributed by atoms with van der Waals surface area (Å²) in [6.07, 6.45) is 4.08. The monoisotopic (exact) mass is 339 g/mol. The van der Waals surface area contributed by atoms with Crippen molar-refractivity contribution >= 4 is 21.7 Å². The molecule has 1 N–H and O–H groups in total. The maximum absolute atomic E-state index is 12.2. The van der Waals surface area contributed by atoms with Gasteiger partial charge in [0.25, 0.3) is 5.91 Å². The number of amides is 1. The highest BCUT2D eigenvalue weighted by atomic mass is 32.2. The van der Waals surface area contributed by atoms with Gasteiger partial charge in [0.05, 0.1) is 10.5 Å². The smallest absolute Gasteiger partial charge is 0.340 e. The summed E-state index contributed by atoms with van der Waals surface area (Å²) < 4.78 is 28.6. The Morgan fingerprint density at radius 1 is 1.22 bits per heavy atom. The van der Waals surface area contributed by atoms with E-state index in [9.17, 15) is 18.0 Å². The van der Waals surface area contributed by atoms with Crippen LogP contribution in [0.25, 0.3) is 0 Å². The van der Waals surface area contributed by atoms with Crippen LogP contribution in [0.4, 0.5) is 0 Å². The van der Waals surface area contributed by atoms with E-state index in [-0.39, 0.29) is 22.4 Å². The maximum Gasteiger partial charge on any atom is 0.340 e. The van der Waals surface area contributed by atoms with Crippen molar-refractivity contribution in [3.05, 3.63) is 29.8 Å². The van der Waals surface area contributed by atoms with E-state index in [0.717, 1.165) is 31.9 Å². The fourth-order valence-electron chi connectivity index (χ4n) is 2.62. The second-order valence-corrected chi connectivity index (χ2v) is 7.79. The van der Waals surface area contributed by atoms with Crippen LogP contribution in [0.2, 0.25) is 0 Å². The van der Waals surface area contributed by atoms with Gasteiger partial charge in [-0.25, -0.2) is 13.2 Å². The van der Waals surface area contributed by atoms with Crippen LogP contribution in [0.5, 0.6) is 0 Å². The normalized spacial score (nSPS) is 16.8. The van der Waals surface area contributed by atoms with Crippen molar-refractivity contribution in [2.75, 3.05) is 6.26 Å². The zero-order chi connectivity index (χ0) is 17.0. The minimum absolute atomic E-state index is 0.0597. The first-order valence-electron chi connectivity index (χ1n) is 7.59. The van der Waals surface area contributed by atoms with Crippen molar-refractivity contribution < 1.29 is 22.7 Å². The summed E-state index contributed by atoms with van der Waals surface area (Å²) in [7, 11) is -3.55. The highest BCUT2D eigenvalue weighted by molar-refractivity contribution is 7.90. The molecule has 0 heterocycles. The maximum atomic E-state index is 12.2. The summed E-state index contributed by atoms with van der Waals surface area (Å²) in [5, 5.41) is 2.85. The summed E-state index contributed by atoms with van der Waals surface area (Å²) >= 11 is 0. The molecule has 1 saturated carbocycles. The lowest BCUT2D eigenvalue weighted by Crippen LogP contribution is -2.41. The molecule has 0 aromatic heterocycles. The third kappa shape index (κ3) is 4.54. The Morgan fingerprint density at radius 2 is 1.83 bits per heavy atom. The average molecular weight is 339 g/mol. The molecule has 1 amide bonds. The van der Waals surface area contributed by atoms with Crippen molar-refractivity contribution in [1.82, 2.24) is 5.32 Å². The number of sulfone groups is 1. The second kappa shape index (κ2) is 7.12. The molecule has 1 aromatic carbocycles. The number of carbonyl (C=O) groups is 2. The molecule has 1 fully saturated rings. The topological polar surface area (TPSA) is 89.5 Å². The third-order valence-corrected chi connectivity index (χ3v) is 5.02. The molecule has 6 nitrogen and oxygen atoms in total. The fourth-order valence-corrected chi connectivity index (χ4v) is 3.50. The van der Waals surface area contributed by atoms with Gasteiger partial charge in [0.1, 0.15) is 0 Å². The first-order chi connectivity index (χ1) is 10.8. The van der Waals surface area contributed by atoms with Gasteiger partial charge in [-0.15, -0.1) is 0 Å². The number of rotatable bonds is 5. The first kappa shape index (κ1) is 17.5. The second-order valence-electron chi connectivity index (χ2n) is 5.81. The van der Waals surface area contributed by atoms with Crippen molar-refractivity contribution in [2.24, 2.45) is 0 Å². The molecule has 1 aliphatic carbocycles. The average Bonchev–Trinajstić information content (AvgIpc) is 2.99. The van der Waals surface area contributed by atoms with E-state index in [4.69, 9.17) is 4.74 Å². The molecule has 1 aliphatic rings. The summed E-state index contributed by atoms with van der Waals surface area (Å²) in [6, 6.07) is 5.93. The van der Waals surface area contributed by atoms with E-state index in [1.54, 1.807) is 6.07 Å². The SMILES string of the molecule is C[C@H](OC(=O)c1ccccc1S(C)(=O)=O)C(=O)NC1CCCC1. The van der Waals surface area contributed by atoms with E-state index in [0.29, 0.717) is 0 Å². The van der Waals surface area contributed by atoms with Gasteiger partial charge in [-0.2, -0.15) is 0 Å². The van der Waals surface area contributed by atoms with Crippen molar-refractivity contribution in [3.63, 3.8) is 0 Å². The van der Waals surface area contributed by atoms with E-state index in [1.807, 2.05) is 0 Å². The number of hydrogen-bond donors (Lipinski definition) is 1. The van der Waals surface area contributed by atoms with Gasteiger partial charge in [-0.3, -0.25) is 4.79 Å². The van der Waals surface area contributed by atoms with Gasteiger partial charge in [0.15, 0.2) is 15.9 Å². The van der Waals surface area contributed by atoms with Crippen LogP contribution < -0.4 is 5.32 Å². The Kier molecular flexibility index (Phi) is 5.41. The zero-order valence-corrected chi connectivity index (χ0v) is 14.1. The third-order valence-electron chi connectivity index (χ3n) is 3.86. The van der Waals surface area contributed by atoms with Crippen LogP contribution in [0, 0.1) is 0 Å². The molecule has 1 aromatic rings. The summed E-state index contributed by atoms with van der Waals surface area (Å²) in [6.45, 7) is 1.48. The molecular weight excluding hydrogens is 318 g/mol. The summed E-state index contributed by atoms with van der Waals surface area (Å²) in [4.78, 5) is 24.1. The van der Waals surface area contributed by atoms with Crippen LogP contribution in [-0.4, -0.2) is 38.7 Å². The number of hydrogen-bond acceptors (Lipinski definition) is 5. The number of nitrogens with one attached hydrogen (secondary N) is 1. The lowest BCUT2D eigenvalue weighted by atomic mass is 10.2. The van der Waals surface area contributed by atoms with Crippen LogP contribution in [-0.2, 0) is 19.4 Å². The number of ether oxygens (including phenoxy) is 1. The molecule has 7 heteroatoms. The van der Waals surface area contributed by atoms with Crippen molar-refractivity contribution in [3.8, 4) is 0 Å². The minimum atomic E-state index is -3.55. The summed E-state index contributed by atoms with van der Waals surface area (Å²) in [5.74, 6) is -1.18. The van der Waals surface area contributed by atoms with Gasteiger partial charge in [-0.1, -0.05) is 25.0 Å². The zero-order valence-electron chi connectivity index (χ0n) is 13.2. The first-order valence-corrected chi connectivity index (χ1v) is 9.48. The van der Waals surface area contributed by atoms with E-state index >= 15 is 0 Å². The fraction of sp³-hybridized carbons (Fsp3) is 0.500. The van der Waals surface area contributed by atoms with Gasteiger partial charge < -0.3 is 10.1 Å². The van der Waals surface area contributed by atoms with E-state index in [2.05, 4.69) is 5.32 Å².